The van der Waals surface area contributed by atoms with E-state index in [1.54, 1.807) is 0 Å². The molecule has 94 valence electrons. The van der Waals surface area contributed by atoms with E-state index in [2.05, 4.69) is 24.5 Å². The minimum atomic E-state index is -4.67. The number of hydrogen-bond acceptors (Lipinski definition) is 4. The molecule has 16 heavy (non-hydrogen) atoms. The zero-order valence-corrected chi connectivity index (χ0v) is 11.9. The third-order valence-corrected chi connectivity index (χ3v) is 0.322. The van der Waals surface area contributed by atoms with E-state index in [1.165, 1.54) is 18.6 Å². The van der Waals surface area contributed by atoms with Gasteiger partial charge in [0.1, 0.15) is 0 Å². The number of aliphatic hydroxyl groups excluding tert-OH is 1. The molecule has 0 unspecified atom stereocenters. The number of rotatable bonds is 3. The minimum Gasteiger partial charge on any atom is -1.00 e. The molecule has 0 aromatic rings. The first-order chi connectivity index (χ1) is 6.33. The predicted octanol–water partition coefficient (Wildman–Crippen LogP) is -2.91. The van der Waals surface area contributed by atoms with Crippen LogP contribution in [0.3, 0.4) is 0 Å². The van der Waals surface area contributed by atoms with E-state index < -0.39 is 10.4 Å². The van der Waals surface area contributed by atoms with Crippen LogP contribution < -0.4 is 29.6 Å². The normalized spacial score (nSPS) is 6.94. The van der Waals surface area contributed by atoms with Gasteiger partial charge in [-0.05, 0) is 0 Å². The molecule has 0 saturated heterocycles. The maximum absolute atomic E-state index is 8.74. The van der Waals surface area contributed by atoms with Gasteiger partial charge in [0.15, 0.2) is 0 Å². The molecule has 0 rings (SSSR count). The summed E-state index contributed by atoms with van der Waals surface area (Å²) in [6, 6.07) is 0. The van der Waals surface area contributed by atoms with Crippen LogP contribution >= 0.6 is 0 Å². The molecule has 7 nitrogen and oxygen atoms in total. The molecular formula is C7H17NaO7S. The van der Waals surface area contributed by atoms with E-state index in [-0.39, 0.29) is 43.1 Å². The summed E-state index contributed by atoms with van der Waals surface area (Å²) in [5.74, 6) is 0. The summed E-state index contributed by atoms with van der Waals surface area (Å²) in [6.07, 6.45) is 4.06. The van der Waals surface area contributed by atoms with Gasteiger partial charge >= 0.3 is 40.0 Å². The first-order valence-electron chi connectivity index (χ1n) is 3.12. The molecule has 5 N–H and O–H groups in total. The standard InChI is InChI=1S/C4H6O.C3H6O.Na.H2O4S.H2O.H/c1-3-5-4-2;1-2-3-4;;1-5(2,3)4;;/h3-4H,1-2H2;2,4H,1,3H2;;(H2,1,2,3,4);1H2;/q;;+1;;;-1. The molecule has 0 aliphatic carbocycles. The van der Waals surface area contributed by atoms with E-state index in [9.17, 15) is 0 Å². The zero-order chi connectivity index (χ0) is 12.0. The Kier molecular flexibility index (Phi) is 44.8. The van der Waals surface area contributed by atoms with E-state index in [1.807, 2.05) is 0 Å². The van der Waals surface area contributed by atoms with Crippen LogP contribution in [0.15, 0.2) is 38.3 Å². The van der Waals surface area contributed by atoms with Crippen molar-refractivity contribution >= 4 is 10.4 Å². The Labute approximate surface area is 119 Å². The molecule has 0 aliphatic heterocycles. The summed E-state index contributed by atoms with van der Waals surface area (Å²) in [5, 5.41) is 7.76. The van der Waals surface area contributed by atoms with Crippen molar-refractivity contribution in [1.29, 1.82) is 0 Å². The van der Waals surface area contributed by atoms with Crippen LogP contribution in [0.4, 0.5) is 0 Å². The quantitative estimate of drug-likeness (QED) is 0.217. The van der Waals surface area contributed by atoms with E-state index in [0.29, 0.717) is 0 Å². The van der Waals surface area contributed by atoms with Crippen molar-refractivity contribution in [3.8, 4) is 0 Å². The summed E-state index contributed by atoms with van der Waals surface area (Å²) in [7, 11) is -4.67. The van der Waals surface area contributed by atoms with Gasteiger partial charge in [-0.3, -0.25) is 9.11 Å². The second-order valence-corrected chi connectivity index (χ2v) is 2.28. The van der Waals surface area contributed by atoms with Crippen LogP contribution in [0.2, 0.25) is 0 Å². The molecular weight excluding hydrogens is 251 g/mol. The van der Waals surface area contributed by atoms with Crippen LogP contribution in [0, 0.1) is 0 Å². The molecule has 9 heteroatoms. The topological polar surface area (TPSA) is 136 Å². The average Bonchev–Trinajstić information content (AvgIpc) is 2.03. The molecule has 0 radical (unpaired) electrons. The monoisotopic (exact) mass is 268 g/mol. The summed E-state index contributed by atoms with van der Waals surface area (Å²) >= 11 is 0. The van der Waals surface area contributed by atoms with Crippen LogP contribution in [-0.4, -0.2) is 34.7 Å². The fourth-order valence-corrected chi connectivity index (χ4v) is 0.0680. The molecule has 0 saturated carbocycles. The zero-order valence-electron chi connectivity index (χ0n) is 10.0. The predicted molar refractivity (Wildman–Crippen MR) is 57.7 cm³/mol. The second-order valence-electron chi connectivity index (χ2n) is 1.39. The van der Waals surface area contributed by atoms with Gasteiger partial charge in [-0.25, -0.2) is 0 Å². The Hall–Kier alpha value is -0.190. The Morgan fingerprint density at radius 3 is 1.38 bits per heavy atom. The van der Waals surface area contributed by atoms with E-state index in [0.717, 1.165) is 0 Å². The Morgan fingerprint density at radius 1 is 1.19 bits per heavy atom. The summed E-state index contributed by atoms with van der Waals surface area (Å²) in [4.78, 5) is 0. The fraction of sp³-hybridized carbons (Fsp3) is 0.143. The van der Waals surface area contributed by atoms with Crippen LogP contribution in [0.5, 0.6) is 0 Å². The van der Waals surface area contributed by atoms with Crippen LogP contribution in [-0.2, 0) is 15.1 Å². The van der Waals surface area contributed by atoms with Crippen molar-refractivity contribution in [3.63, 3.8) is 0 Å². The molecule has 0 amide bonds. The Balaban J connectivity index is -0.0000000247. The van der Waals surface area contributed by atoms with E-state index in [4.69, 9.17) is 22.6 Å². The number of aliphatic hydroxyl groups is 1. The third kappa shape index (κ3) is 287. The maximum Gasteiger partial charge on any atom is 1.00 e. The summed E-state index contributed by atoms with van der Waals surface area (Å²) < 4.78 is 35.9. The Morgan fingerprint density at radius 2 is 1.38 bits per heavy atom. The average molecular weight is 268 g/mol. The SMILES string of the molecule is C=CCO.C=COC=C.O.O=S(=O)(O)O.[H-].[Na+]. The van der Waals surface area contributed by atoms with Gasteiger partial charge in [0.05, 0.1) is 19.1 Å². The van der Waals surface area contributed by atoms with Gasteiger partial charge in [-0.15, -0.1) is 6.58 Å². The molecule has 0 spiro atoms. The molecule has 0 heterocycles. The van der Waals surface area contributed by atoms with Gasteiger partial charge in [0.25, 0.3) is 0 Å². The maximum atomic E-state index is 8.74. The number of hydrogen-bond donors (Lipinski definition) is 3. The van der Waals surface area contributed by atoms with Crippen LogP contribution in [0.1, 0.15) is 1.43 Å². The second kappa shape index (κ2) is 24.2. The third-order valence-electron chi connectivity index (χ3n) is 0.322. The van der Waals surface area contributed by atoms with Crippen molar-refractivity contribution in [2.24, 2.45) is 0 Å². The van der Waals surface area contributed by atoms with Crippen molar-refractivity contribution in [1.82, 2.24) is 0 Å². The van der Waals surface area contributed by atoms with Crippen LogP contribution in [0.25, 0.3) is 0 Å². The number of ether oxygens (including phenoxy) is 1. The van der Waals surface area contributed by atoms with Gasteiger partial charge < -0.3 is 16.7 Å². The summed E-state index contributed by atoms with van der Waals surface area (Å²) in [6.45, 7) is 9.83. The van der Waals surface area contributed by atoms with Crippen molar-refractivity contribution in [2.45, 2.75) is 0 Å². The van der Waals surface area contributed by atoms with Gasteiger partial charge in [-0.1, -0.05) is 19.2 Å². The van der Waals surface area contributed by atoms with Crippen molar-refractivity contribution in [3.05, 3.63) is 38.3 Å². The first-order valence-corrected chi connectivity index (χ1v) is 4.52. The van der Waals surface area contributed by atoms with Crippen molar-refractivity contribution < 1.29 is 63.8 Å². The van der Waals surface area contributed by atoms with E-state index >= 15 is 0 Å². The Bertz CT molecular complexity index is 229. The van der Waals surface area contributed by atoms with Gasteiger partial charge in [0.2, 0.25) is 0 Å². The molecule has 0 bridgehead atoms. The summed E-state index contributed by atoms with van der Waals surface area (Å²) in [5.41, 5.74) is 0. The first kappa shape index (κ1) is 29.7. The molecule has 0 fully saturated rings. The molecule has 0 aromatic carbocycles. The molecule has 0 atom stereocenters. The minimum absolute atomic E-state index is 0. The van der Waals surface area contributed by atoms with Crippen molar-refractivity contribution in [2.75, 3.05) is 6.61 Å². The largest absolute Gasteiger partial charge is 1.00 e. The molecule has 0 aliphatic rings. The fourth-order valence-electron chi connectivity index (χ4n) is 0.0680. The van der Waals surface area contributed by atoms with Gasteiger partial charge in [-0.2, -0.15) is 8.42 Å². The smallest absolute Gasteiger partial charge is 1.00 e. The molecule has 0 aromatic heterocycles. The van der Waals surface area contributed by atoms with Gasteiger partial charge in [0, 0.05) is 0 Å².